The van der Waals surface area contributed by atoms with Crippen molar-refractivity contribution in [2.75, 3.05) is 19.4 Å². The Morgan fingerprint density at radius 3 is 3.06 bits per heavy atom. The first kappa shape index (κ1) is 11.9. The van der Waals surface area contributed by atoms with Crippen molar-refractivity contribution >= 4 is 11.5 Å². The van der Waals surface area contributed by atoms with Gasteiger partial charge in [-0.25, -0.2) is 0 Å². The van der Waals surface area contributed by atoms with Gasteiger partial charge in [0.2, 0.25) is 0 Å². The van der Waals surface area contributed by atoms with Gasteiger partial charge in [-0.15, -0.1) is 0 Å². The van der Waals surface area contributed by atoms with E-state index in [-0.39, 0.29) is 5.78 Å². The van der Waals surface area contributed by atoms with Crippen molar-refractivity contribution in [3.8, 4) is 5.75 Å². The molecule has 0 spiro atoms. The minimum absolute atomic E-state index is 0.0841. The van der Waals surface area contributed by atoms with E-state index in [4.69, 9.17) is 10.5 Å². The molecule has 1 aromatic rings. The number of anilines is 1. The predicted molar refractivity (Wildman–Crippen MR) is 67.4 cm³/mol. The number of para-hydroxylation sites is 1. The van der Waals surface area contributed by atoms with E-state index in [2.05, 4.69) is 5.32 Å². The molecular weight excluding hydrogens is 216 g/mol. The van der Waals surface area contributed by atoms with Crippen LogP contribution in [0.3, 0.4) is 0 Å². The molecule has 17 heavy (non-hydrogen) atoms. The van der Waals surface area contributed by atoms with Crippen LogP contribution in [0, 0.1) is 0 Å². The van der Waals surface area contributed by atoms with E-state index in [1.54, 1.807) is 25.3 Å². The summed E-state index contributed by atoms with van der Waals surface area (Å²) in [5, 5.41) is 3.31. The fourth-order valence-electron chi connectivity index (χ4n) is 2.23. The van der Waals surface area contributed by atoms with Gasteiger partial charge in [0.05, 0.1) is 12.8 Å². The molecule has 4 heteroatoms. The van der Waals surface area contributed by atoms with Crippen LogP contribution >= 0.6 is 0 Å². The molecule has 1 aliphatic rings. The topological polar surface area (TPSA) is 64.3 Å². The molecule has 0 aliphatic carbocycles. The number of nitrogens with two attached hydrogens (primary N) is 1. The molecule has 1 unspecified atom stereocenters. The number of ketones is 1. The van der Waals surface area contributed by atoms with E-state index in [1.165, 1.54) is 0 Å². The number of rotatable bonds is 4. The smallest absolute Gasteiger partial charge is 0.166 e. The highest BCUT2D eigenvalue weighted by Crippen LogP contribution is 2.26. The summed E-state index contributed by atoms with van der Waals surface area (Å²) in [5.74, 6) is 0.649. The van der Waals surface area contributed by atoms with Crippen molar-refractivity contribution in [1.29, 1.82) is 0 Å². The molecule has 1 aromatic carbocycles. The summed E-state index contributed by atoms with van der Waals surface area (Å²) in [6, 6.07) is 5.62. The molecule has 92 valence electrons. The molecule has 1 heterocycles. The number of carbonyl (C=O) groups is 1. The summed E-state index contributed by atoms with van der Waals surface area (Å²) < 4.78 is 5.11. The first-order chi connectivity index (χ1) is 8.22. The Labute approximate surface area is 101 Å². The number of methoxy groups -OCH3 is 1. The van der Waals surface area contributed by atoms with Crippen molar-refractivity contribution in [2.24, 2.45) is 0 Å². The fourth-order valence-corrected chi connectivity index (χ4v) is 2.23. The van der Waals surface area contributed by atoms with E-state index in [0.29, 0.717) is 29.5 Å². The maximum atomic E-state index is 12.1. The zero-order valence-electron chi connectivity index (χ0n) is 10.0. The largest absolute Gasteiger partial charge is 0.495 e. The molecule has 1 atom stereocenters. The second kappa shape index (κ2) is 5.19. The van der Waals surface area contributed by atoms with E-state index in [9.17, 15) is 4.79 Å². The number of carbonyl (C=O) groups excluding carboxylic acids is 1. The van der Waals surface area contributed by atoms with Crippen LogP contribution in [-0.4, -0.2) is 25.5 Å². The number of benzene rings is 1. The van der Waals surface area contributed by atoms with Crippen LogP contribution in [0.4, 0.5) is 5.69 Å². The van der Waals surface area contributed by atoms with Gasteiger partial charge in [0.1, 0.15) is 5.75 Å². The van der Waals surface area contributed by atoms with Crippen molar-refractivity contribution in [1.82, 2.24) is 5.32 Å². The van der Waals surface area contributed by atoms with Gasteiger partial charge in [0.25, 0.3) is 0 Å². The third kappa shape index (κ3) is 2.58. The molecule has 3 N–H and O–H groups in total. The van der Waals surface area contributed by atoms with Crippen LogP contribution in [0.2, 0.25) is 0 Å². The maximum Gasteiger partial charge on any atom is 0.166 e. The molecular formula is C13H18N2O2. The molecule has 0 aromatic heterocycles. The summed E-state index contributed by atoms with van der Waals surface area (Å²) in [7, 11) is 1.55. The first-order valence-electron chi connectivity index (χ1n) is 5.91. The van der Waals surface area contributed by atoms with Crippen LogP contribution in [-0.2, 0) is 0 Å². The summed E-state index contributed by atoms with van der Waals surface area (Å²) in [6.45, 7) is 1.01. The number of hydrogen-bond donors (Lipinski definition) is 2. The van der Waals surface area contributed by atoms with Gasteiger partial charge in [-0.3, -0.25) is 4.79 Å². The average Bonchev–Trinajstić information content (AvgIpc) is 2.82. The fraction of sp³-hybridized carbons (Fsp3) is 0.462. The Balaban J connectivity index is 2.12. The molecule has 0 radical (unpaired) electrons. The third-order valence-electron chi connectivity index (χ3n) is 3.18. The lowest BCUT2D eigenvalue weighted by molar-refractivity contribution is 0.0972. The predicted octanol–water partition coefficient (Wildman–Crippen LogP) is 1.60. The highest BCUT2D eigenvalue weighted by Gasteiger charge is 2.20. The van der Waals surface area contributed by atoms with Crippen molar-refractivity contribution in [2.45, 2.75) is 25.3 Å². The van der Waals surface area contributed by atoms with Crippen molar-refractivity contribution < 1.29 is 9.53 Å². The second-order valence-corrected chi connectivity index (χ2v) is 4.34. The minimum atomic E-state index is 0.0841. The number of nitrogen functional groups attached to an aromatic ring is 1. The van der Waals surface area contributed by atoms with Crippen LogP contribution in [0.1, 0.15) is 29.6 Å². The molecule has 0 saturated carbocycles. The zero-order valence-corrected chi connectivity index (χ0v) is 10.0. The summed E-state index contributed by atoms with van der Waals surface area (Å²) in [4.78, 5) is 12.1. The van der Waals surface area contributed by atoms with Crippen LogP contribution in [0.5, 0.6) is 5.75 Å². The van der Waals surface area contributed by atoms with Gasteiger partial charge >= 0.3 is 0 Å². The Morgan fingerprint density at radius 1 is 1.59 bits per heavy atom. The zero-order chi connectivity index (χ0) is 12.3. The molecule has 2 rings (SSSR count). The van der Waals surface area contributed by atoms with Gasteiger partial charge in [-0.05, 0) is 31.5 Å². The Hall–Kier alpha value is -1.55. The third-order valence-corrected chi connectivity index (χ3v) is 3.18. The second-order valence-electron chi connectivity index (χ2n) is 4.34. The number of ether oxygens (including phenoxy) is 1. The molecule has 4 nitrogen and oxygen atoms in total. The summed E-state index contributed by atoms with van der Waals surface area (Å²) in [6.07, 6.45) is 2.72. The lowest BCUT2D eigenvalue weighted by Gasteiger charge is -2.12. The van der Waals surface area contributed by atoms with Crippen molar-refractivity contribution in [3.63, 3.8) is 0 Å². The van der Waals surface area contributed by atoms with Crippen LogP contribution < -0.4 is 15.8 Å². The number of nitrogens with one attached hydrogen (secondary N) is 1. The van der Waals surface area contributed by atoms with Crippen LogP contribution in [0.25, 0.3) is 0 Å². The quantitative estimate of drug-likeness (QED) is 0.613. The van der Waals surface area contributed by atoms with Crippen LogP contribution in [0.15, 0.2) is 18.2 Å². The van der Waals surface area contributed by atoms with Gasteiger partial charge in [-0.2, -0.15) is 0 Å². The normalized spacial score (nSPS) is 19.2. The first-order valence-corrected chi connectivity index (χ1v) is 5.91. The Morgan fingerprint density at radius 2 is 2.41 bits per heavy atom. The van der Waals surface area contributed by atoms with Gasteiger partial charge in [-0.1, -0.05) is 6.07 Å². The highest BCUT2D eigenvalue weighted by molar-refractivity contribution is 6.02. The average molecular weight is 234 g/mol. The maximum absolute atomic E-state index is 12.1. The summed E-state index contributed by atoms with van der Waals surface area (Å²) in [5.41, 5.74) is 6.91. The molecule has 0 amide bonds. The summed E-state index contributed by atoms with van der Waals surface area (Å²) >= 11 is 0. The lowest BCUT2D eigenvalue weighted by Crippen LogP contribution is -2.24. The number of Topliss-reactive ketones (excluding diaryl/α,β-unsaturated/α-hetero) is 1. The monoisotopic (exact) mass is 234 g/mol. The van der Waals surface area contributed by atoms with E-state index in [1.807, 2.05) is 0 Å². The van der Waals surface area contributed by atoms with Gasteiger partial charge < -0.3 is 15.8 Å². The number of hydrogen-bond acceptors (Lipinski definition) is 4. The van der Waals surface area contributed by atoms with E-state index >= 15 is 0 Å². The standard InChI is InChI=1S/C13H18N2O2/c1-17-12-6-2-5-10(13(12)14)11(16)8-9-4-3-7-15-9/h2,5-6,9,15H,3-4,7-8,14H2,1H3. The minimum Gasteiger partial charge on any atom is -0.495 e. The molecule has 1 aliphatic heterocycles. The molecule has 1 saturated heterocycles. The Kier molecular flexibility index (Phi) is 3.64. The lowest BCUT2D eigenvalue weighted by atomic mass is 10.0. The van der Waals surface area contributed by atoms with Gasteiger partial charge in [0.15, 0.2) is 5.78 Å². The Bertz CT molecular complexity index is 412. The van der Waals surface area contributed by atoms with Gasteiger partial charge in [0, 0.05) is 18.0 Å². The van der Waals surface area contributed by atoms with Crippen molar-refractivity contribution in [3.05, 3.63) is 23.8 Å². The SMILES string of the molecule is COc1cccc(C(=O)CC2CCCN2)c1N. The molecule has 0 bridgehead atoms. The molecule has 1 fully saturated rings. The highest BCUT2D eigenvalue weighted by atomic mass is 16.5. The van der Waals surface area contributed by atoms with E-state index < -0.39 is 0 Å². The van der Waals surface area contributed by atoms with E-state index in [0.717, 1.165) is 19.4 Å².